The quantitative estimate of drug-likeness (QED) is 0.196. The smallest absolute Gasteiger partial charge is 0.303 e. The molecular weight excluding hydrogens is 360 g/mol. The van der Waals surface area contributed by atoms with Crippen molar-refractivity contribution in [3.05, 3.63) is 0 Å². The van der Waals surface area contributed by atoms with Crippen LogP contribution in [0.3, 0.4) is 0 Å². The number of hydrogen-bond donors (Lipinski definition) is 2. The Bertz CT molecular complexity index is 317. The van der Waals surface area contributed by atoms with Crippen LogP contribution in [0.2, 0.25) is 0 Å². The SMILES string of the molecule is CCCCC(C)CC.CCCCCCC(O)CCCCCCCCCCC(=O)O. The Morgan fingerprint density at radius 2 is 1.10 bits per heavy atom. The van der Waals surface area contributed by atoms with Crippen LogP contribution in [-0.4, -0.2) is 22.3 Å². The first-order valence-corrected chi connectivity index (χ1v) is 12.9. The minimum Gasteiger partial charge on any atom is -0.481 e. The van der Waals surface area contributed by atoms with E-state index in [0.717, 1.165) is 44.4 Å². The molecule has 3 heteroatoms. The van der Waals surface area contributed by atoms with Crippen molar-refractivity contribution in [1.82, 2.24) is 0 Å². The molecule has 2 atom stereocenters. The Hall–Kier alpha value is -0.570. The van der Waals surface area contributed by atoms with Crippen molar-refractivity contribution in [3.63, 3.8) is 0 Å². The van der Waals surface area contributed by atoms with Crippen LogP contribution in [-0.2, 0) is 4.79 Å². The predicted octanol–water partition coefficient (Wildman–Crippen LogP) is 8.53. The van der Waals surface area contributed by atoms with Gasteiger partial charge >= 0.3 is 5.97 Å². The summed E-state index contributed by atoms with van der Waals surface area (Å²) in [6.45, 7) is 9.06. The second-order valence-electron chi connectivity index (χ2n) is 8.92. The minimum absolute atomic E-state index is 0.0853. The van der Waals surface area contributed by atoms with Gasteiger partial charge in [0, 0.05) is 6.42 Å². The number of carboxylic acids is 1. The van der Waals surface area contributed by atoms with E-state index < -0.39 is 5.97 Å². The van der Waals surface area contributed by atoms with Crippen LogP contribution in [0.4, 0.5) is 0 Å². The van der Waals surface area contributed by atoms with Gasteiger partial charge in [0.25, 0.3) is 0 Å². The van der Waals surface area contributed by atoms with Gasteiger partial charge in [-0.05, 0) is 25.2 Å². The largest absolute Gasteiger partial charge is 0.481 e. The average Bonchev–Trinajstić information content (AvgIpc) is 2.71. The second kappa shape index (κ2) is 25.5. The van der Waals surface area contributed by atoms with E-state index in [0.29, 0.717) is 6.42 Å². The molecule has 0 saturated carbocycles. The summed E-state index contributed by atoms with van der Waals surface area (Å²) in [4.78, 5) is 10.3. The van der Waals surface area contributed by atoms with Crippen LogP contribution in [0.5, 0.6) is 0 Å². The van der Waals surface area contributed by atoms with Crippen molar-refractivity contribution < 1.29 is 15.0 Å². The fraction of sp³-hybridized carbons (Fsp3) is 0.962. The van der Waals surface area contributed by atoms with Crippen LogP contribution >= 0.6 is 0 Å². The van der Waals surface area contributed by atoms with Crippen molar-refractivity contribution in [3.8, 4) is 0 Å². The maximum absolute atomic E-state index is 10.3. The molecule has 29 heavy (non-hydrogen) atoms. The zero-order valence-corrected chi connectivity index (χ0v) is 20.4. The van der Waals surface area contributed by atoms with Crippen LogP contribution < -0.4 is 0 Å². The van der Waals surface area contributed by atoms with Gasteiger partial charge in [0.05, 0.1) is 6.10 Å². The fourth-order valence-corrected chi connectivity index (χ4v) is 3.42. The lowest BCUT2D eigenvalue weighted by molar-refractivity contribution is -0.137. The zero-order valence-electron chi connectivity index (χ0n) is 20.4. The van der Waals surface area contributed by atoms with E-state index in [1.165, 1.54) is 77.0 Å². The highest BCUT2D eigenvalue weighted by Crippen LogP contribution is 2.14. The Labute approximate surface area is 183 Å². The maximum Gasteiger partial charge on any atom is 0.303 e. The lowest BCUT2D eigenvalue weighted by atomic mass is 10.0. The van der Waals surface area contributed by atoms with E-state index in [1.54, 1.807) is 0 Å². The molecule has 0 bridgehead atoms. The summed E-state index contributed by atoms with van der Waals surface area (Å²) < 4.78 is 0. The van der Waals surface area contributed by atoms with Crippen LogP contribution in [0.25, 0.3) is 0 Å². The summed E-state index contributed by atoms with van der Waals surface area (Å²) in [5, 5.41) is 18.4. The average molecular weight is 415 g/mol. The highest BCUT2D eigenvalue weighted by atomic mass is 16.4. The summed E-state index contributed by atoms with van der Waals surface area (Å²) >= 11 is 0. The molecule has 0 saturated heterocycles. The van der Waals surface area contributed by atoms with Crippen molar-refractivity contribution in [1.29, 1.82) is 0 Å². The van der Waals surface area contributed by atoms with Crippen LogP contribution in [0.1, 0.15) is 150 Å². The molecular formula is C26H54O3. The van der Waals surface area contributed by atoms with Crippen molar-refractivity contribution in [2.45, 2.75) is 156 Å². The summed E-state index contributed by atoms with van der Waals surface area (Å²) in [6.07, 6.45) is 21.8. The van der Waals surface area contributed by atoms with Gasteiger partial charge in [-0.1, -0.05) is 124 Å². The van der Waals surface area contributed by atoms with Gasteiger partial charge in [-0.3, -0.25) is 4.79 Å². The number of rotatable bonds is 20. The van der Waals surface area contributed by atoms with Crippen molar-refractivity contribution >= 4 is 5.97 Å². The number of carboxylic acid groups (broad SMARTS) is 1. The second-order valence-corrected chi connectivity index (χ2v) is 8.92. The van der Waals surface area contributed by atoms with Crippen LogP contribution in [0.15, 0.2) is 0 Å². The molecule has 3 nitrogen and oxygen atoms in total. The summed E-state index contributed by atoms with van der Waals surface area (Å²) in [6, 6.07) is 0. The molecule has 0 aromatic carbocycles. The van der Waals surface area contributed by atoms with Gasteiger partial charge in [-0.15, -0.1) is 0 Å². The van der Waals surface area contributed by atoms with E-state index in [4.69, 9.17) is 5.11 Å². The number of hydrogen-bond acceptors (Lipinski definition) is 2. The van der Waals surface area contributed by atoms with E-state index in [1.807, 2.05) is 0 Å². The summed E-state index contributed by atoms with van der Waals surface area (Å²) in [7, 11) is 0. The van der Waals surface area contributed by atoms with Gasteiger partial charge in [-0.2, -0.15) is 0 Å². The van der Waals surface area contributed by atoms with Crippen molar-refractivity contribution in [2.24, 2.45) is 5.92 Å². The third-order valence-corrected chi connectivity index (χ3v) is 5.82. The van der Waals surface area contributed by atoms with Gasteiger partial charge < -0.3 is 10.2 Å². The third kappa shape index (κ3) is 29.7. The first kappa shape index (κ1) is 30.6. The molecule has 0 aliphatic heterocycles. The van der Waals surface area contributed by atoms with E-state index in [2.05, 4.69) is 27.7 Å². The first-order chi connectivity index (χ1) is 14.0. The van der Waals surface area contributed by atoms with E-state index in [-0.39, 0.29) is 6.10 Å². The minimum atomic E-state index is -0.678. The van der Waals surface area contributed by atoms with Gasteiger partial charge in [0.15, 0.2) is 0 Å². The maximum atomic E-state index is 10.3. The molecule has 0 radical (unpaired) electrons. The summed E-state index contributed by atoms with van der Waals surface area (Å²) in [5.41, 5.74) is 0. The molecule has 0 spiro atoms. The number of carbonyl (C=O) groups is 1. The summed E-state index contributed by atoms with van der Waals surface area (Å²) in [5.74, 6) is 0.276. The molecule has 2 N–H and O–H groups in total. The lowest BCUT2D eigenvalue weighted by Crippen LogP contribution is -2.05. The molecule has 0 aliphatic rings. The molecule has 176 valence electrons. The molecule has 0 rings (SSSR count). The number of unbranched alkanes of at least 4 members (excludes halogenated alkanes) is 11. The molecule has 0 fully saturated rings. The fourth-order valence-electron chi connectivity index (χ4n) is 3.42. The zero-order chi connectivity index (χ0) is 22.2. The standard InChI is InChI=1S/C18H36O3.C8H18/c1-2-3-4-11-14-17(19)15-12-9-7-5-6-8-10-13-16-18(20)21;1-4-6-7-8(3)5-2/h17,19H,2-16H2,1H3,(H,20,21);8H,4-7H2,1-3H3. The lowest BCUT2D eigenvalue weighted by Gasteiger charge is -2.10. The van der Waals surface area contributed by atoms with Crippen LogP contribution in [0, 0.1) is 5.92 Å². The topological polar surface area (TPSA) is 57.5 Å². The Morgan fingerprint density at radius 3 is 1.55 bits per heavy atom. The van der Waals surface area contributed by atoms with Gasteiger partial charge in [0.1, 0.15) is 0 Å². The Kier molecular flexibility index (Phi) is 26.9. The molecule has 0 aliphatic carbocycles. The monoisotopic (exact) mass is 414 g/mol. The predicted molar refractivity (Wildman–Crippen MR) is 128 cm³/mol. The van der Waals surface area contributed by atoms with Crippen molar-refractivity contribution in [2.75, 3.05) is 0 Å². The molecule has 0 aromatic heterocycles. The van der Waals surface area contributed by atoms with Gasteiger partial charge in [-0.25, -0.2) is 0 Å². The molecule has 2 unspecified atom stereocenters. The molecule has 0 heterocycles. The van der Waals surface area contributed by atoms with Gasteiger partial charge in [0.2, 0.25) is 0 Å². The number of aliphatic hydroxyl groups is 1. The third-order valence-electron chi connectivity index (χ3n) is 5.82. The highest BCUT2D eigenvalue weighted by Gasteiger charge is 2.03. The first-order valence-electron chi connectivity index (χ1n) is 12.9. The Morgan fingerprint density at radius 1 is 0.655 bits per heavy atom. The normalized spacial score (nSPS) is 12.9. The van der Waals surface area contributed by atoms with E-state index >= 15 is 0 Å². The molecule has 0 amide bonds. The number of aliphatic carboxylic acids is 1. The molecule has 0 aromatic rings. The van der Waals surface area contributed by atoms with E-state index in [9.17, 15) is 9.90 Å². The Balaban J connectivity index is 0. The number of aliphatic hydroxyl groups excluding tert-OH is 1. The highest BCUT2D eigenvalue weighted by molar-refractivity contribution is 5.66.